The zero-order valence-corrected chi connectivity index (χ0v) is 19.3. The van der Waals surface area contributed by atoms with Crippen molar-refractivity contribution in [3.63, 3.8) is 0 Å². The van der Waals surface area contributed by atoms with Crippen molar-refractivity contribution in [1.82, 2.24) is 9.97 Å². The second-order valence-corrected chi connectivity index (χ2v) is 8.82. The fourth-order valence-electron chi connectivity index (χ4n) is 3.54. The molecule has 0 saturated carbocycles. The molecule has 1 N–H and O–H groups in total. The van der Waals surface area contributed by atoms with Gasteiger partial charge in [0.25, 0.3) is 5.56 Å². The van der Waals surface area contributed by atoms with Gasteiger partial charge in [-0.15, -0.1) is 11.3 Å². The molecule has 0 aliphatic rings. The lowest BCUT2D eigenvalue weighted by Crippen LogP contribution is -2.12. The molecule has 0 radical (unpaired) electrons. The Bertz CT molecular complexity index is 1260. The maximum absolute atomic E-state index is 13.1. The molecular weight excluding hydrogens is 464 g/mol. The summed E-state index contributed by atoms with van der Waals surface area (Å²) in [6.45, 7) is 2.10. The summed E-state index contributed by atoms with van der Waals surface area (Å²) < 4.78 is 11.7. The summed E-state index contributed by atoms with van der Waals surface area (Å²) in [5.74, 6) is 1.95. The van der Waals surface area contributed by atoms with E-state index in [4.69, 9.17) is 14.5 Å². The maximum atomic E-state index is 13.1. The number of nitrogens with one attached hydrogen (secondary N) is 1. The molecular formula is C23H21BrN2O3S. The van der Waals surface area contributed by atoms with Gasteiger partial charge in [-0.3, -0.25) is 4.79 Å². The zero-order chi connectivity index (χ0) is 21.3. The molecule has 0 aliphatic carbocycles. The number of hydrogen-bond donors (Lipinski definition) is 1. The number of ether oxygens (including phenoxy) is 2. The summed E-state index contributed by atoms with van der Waals surface area (Å²) in [5.41, 5.74) is 2.89. The number of benzene rings is 2. The van der Waals surface area contributed by atoms with Crippen LogP contribution >= 0.6 is 27.3 Å². The zero-order valence-electron chi connectivity index (χ0n) is 16.9. The highest BCUT2D eigenvalue weighted by Crippen LogP contribution is 2.37. The van der Waals surface area contributed by atoms with Crippen molar-refractivity contribution in [1.29, 1.82) is 0 Å². The fraction of sp³-hybridized carbons (Fsp3) is 0.217. The Labute approximate surface area is 186 Å². The van der Waals surface area contributed by atoms with Crippen LogP contribution in [-0.4, -0.2) is 24.2 Å². The van der Waals surface area contributed by atoms with E-state index in [1.54, 1.807) is 25.6 Å². The van der Waals surface area contributed by atoms with Gasteiger partial charge in [-0.2, -0.15) is 0 Å². The van der Waals surface area contributed by atoms with Crippen molar-refractivity contribution in [2.45, 2.75) is 19.8 Å². The van der Waals surface area contributed by atoms with Gasteiger partial charge in [0.2, 0.25) is 0 Å². The summed E-state index contributed by atoms with van der Waals surface area (Å²) in [6, 6.07) is 13.8. The molecule has 0 aliphatic heterocycles. The first kappa shape index (κ1) is 20.6. The van der Waals surface area contributed by atoms with E-state index in [-0.39, 0.29) is 5.56 Å². The van der Waals surface area contributed by atoms with Crippen LogP contribution in [0.5, 0.6) is 11.5 Å². The highest BCUT2D eigenvalue weighted by molar-refractivity contribution is 9.10. The van der Waals surface area contributed by atoms with E-state index in [1.807, 2.05) is 42.5 Å². The number of rotatable bonds is 6. The summed E-state index contributed by atoms with van der Waals surface area (Å²) in [6.07, 6.45) is 1.34. The minimum Gasteiger partial charge on any atom is -0.493 e. The quantitative estimate of drug-likeness (QED) is 0.387. The Kier molecular flexibility index (Phi) is 5.92. The van der Waals surface area contributed by atoms with Gasteiger partial charge in [-0.25, -0.2) is 4.98 Å². The van der Waals surface area contributed by atoms with E-state index in [0.717, 1.165) is 37.3 Å². The molecule has 7 heteroatoms. The Morgan fingerprint density at radius 2 is 1.80 bits per heavy atom. The van der Waals surface area contributed by atoms with Crippen LogP contribution in [0.25, 0.3) is 21.3 Å². The Hall–Kier alpha value is -2.64. The van der Waals surface area contributed by atoms with Crippen LogP contribution in [0.15, 0.2) is 51.7 Å². The molecule has 0 amide bonds. The fourth-order valence-corrected chi connectivity index (χ4v) is 4.95. The molecule has 0 unspecified atom stereocenters. The lowest BCUT2D eigenvalue weighted by atomic mass is 10.0. The minimum absolute atomic E-state index is 0.107. The lowest BCUT2D eigenvalue weighted by Gasteiger charge is -2.09. The number of hydrogen-bond acceptors (Lipinski definition) is 5. The van der Waals surface area contributed by atoms with Gasteiger partial charge < -0.3 is 14.5 Å². The molecule has 2 aromatic heterocycles. The predicted molar refractivity (Wildman–Crippen MR) is 125 cm³/mol. The second-order valence-electron chi connectivity index (χ2n) is 6.82. The number of fused-ring (bicyclic) bond motifs is 1. The number of nitrogens with zero attached hydrogens (tertiary/aromatic N) is 1. The molecule has 4 aromatic rings. The number of H-pyrrole nitrogens is 1. The van der Waals surface area contributed by atoms with Gasteiger partial charge in [-0.05, 0) is 41.8 Å². The van der Waals surface area contributed by atoms with Crippen LogP contribution in [0.2, 0.25) is 0 Å². The third-order valence-corrected chi connectivity index (χ3v) is 6.71. The van der Waals surface area contributed by atoms with Gasteiger partial charge in [0.15, 0.2) is 11.5 Å². The average molecular weight is 485 g/mol. The summed E-state index contributed by atoms with van der Waals surface area (Å²) >= 11 is 5.06. The standard InChI is InChI=1S/C23H21BrN2O3S/c1-4-18-20(14-6-8-15(24)9-7-14)21-22(27)25-19(26-23(21)30-18)12-13-5-10-16(28-2)17(11-13)29-3/h5-11H,4,12H2,1-3H3,(H,25,26,27). The normalized spacial score (nSPS) is 11.1. The van der Waals surface area contributed by atoms with Crippen LogP contribution in [0.3, 0.4) is 0 Å². The molecule has 0 saturated heterocycles. The van der Waals surface area contributed by atoms with E-state index >= 15 is 0 Å². The van der Waals surface area contributed by atoms with E-state index in [1.165, 1.54) is 0 Å². The van der Waals surface area contributed by atoms with Crippen molar-refractivity contribution in [2.75, 3.05) is 14.2 Å². The van der Waals surface area contributed by atoms with Gasteiger partial charge in [0.1, 0.15) is 10.7 Å². The summed E-state index contributed by atoms with van der Waals surface area (Å²) in [7, 11) is 3.21. The van der Waals surface area contributed by atoms with E-state index in [0.29, 0.717) is 29.1 Å². The second kappa shape index (κ2) is 8.62. The van der Waals surface area contributed by atoms with Crippen LogP contribution in [-0.2, 0) is 12.8 Å². The topological polar surface area (TPSA) is 64.2 Å². The van der Waals surface area contributed by atoms with Gasteiger partial charge in [0, 0.05) is 21.3 Å². The first-order chi connectivity index (χ1) is 14.5. The molecule has 0 atom stereocenters. The third kappa shape index (κ3) is 3.87. The van der Waals surface area contributed by atoms with Crippen molar-refractivity contribution < 1.29 is 9.47 Å². The van der Waals surface area contributed by atoms with Crippen molar-refractivity contribution in [3.8, 4) is 22.6 Å². The molecule has 30 heavy (non-hydrogen) atoms. The number of halogens is 1. The first-order valence-electron chi connectivity index (χ1n) is 9.55. The molecule has 0 fully saturated rings. The predicted octanol–water partition coefficient (Wildman–Crippen LogP) is 5.58. The largest absolute Gasteiger partial charge is 0.493 e. The van der Waals surface area contributed by atoms with E-state index in [2.05, 4.69) is 27.8 Å². The molecule has 154 valence electrons. The van der Waals surface area contributed by atoms with Crippen LogP contribution in [0.4, 0.5) is 0 Å². The third-order valence-electron chi connectivity index (χ3n) is 4.96. The minimum atomic E-state index is -0.107. The SMILES string of the molecule is CCc1sc2nc(Cc3ccc(OC)c(OC)c3)[nH]c(=O)c2c1-c1ccc(Br)cc1. The summed E-state index contributed by atoms with van der Waals surface area (Å²) in [5, 5.41) is 0.662. The molecule has 2 aromatic carbocycles. The first-order valence-corrected chi connectivity index (χ1v) is 11.2. The van der Waals surface area contributed by atoms with Crippen LogP contribution in [0.1, 0.15) is 23.2 Å². The average Bonchev–Trinajstić information content (AvgIpc) is 3.13. The number of aryl methyl sites for hydroxylation is 1. The number of methoxy groups -OCH3 is 2. The lowest BCUT2D eigenvalue weighted by molar-refractivity contribution is 0.354. The smallest absolute Gasteiger partial charge is 0.260 e. The van der Waals surface area contributed by atoms with Gasteiger partial charge in [-0.1, -0.05) is 41.1 Å². The highest BCUT2D eigenvalue weighted by atomic mass is 79.9. The van der Waals surface area contributed by atoms with Crippen LogP contribution < -0.4 is 15.0 Å². The maximum Gasteiger partial charge on any atom is 0.260 e. The van der Waals surface area contributed by atoms with Crippen molar-refractivity contribution in [3.05, 3.63) is 73.6 Å². The molecule has 4 rings (SSSR count). The number of aromatic nitrogens is 2. The van der Waals surface area contributed by atoms with Crippen molar-refractivity contribution >= 4 is 37.5 Å². The Morgan fingerprint density at radius 1 is 1.07 bits per heavy atom. The Morgan fingerprint density at radius 3 is 2.47 bits per heavy atom. The summed E-state index contributed by atoms with van der Waals surface area (Å²) in [4.78, 5) is 22.8. The molecule has 0 spiro atoms. The molecule has 2 heterocycles. The van der Waals surface area contributed by atoms with Crippen LogP contribution in [0, 0.1) is 0 Å². The number of aromatic amines is 1. The molecule has 0 bridgehead atoms. The van der Waals surface area contributed by atoms with Gasteiger partial charge in [0.05, 0.1) is 19.6 Å². The monoisotopic (exact) mass is 484 g/mol. The highest BCUT2D eigenvalue weighted by Gasteiger charge is 2.18. The van der Waals surface area contributed by atoms with E-state index < -0.39 is 0 Å². The number of thiophene rings is 1. The Balaban J connectivity index is 1.78. The van der Waals surface area contributed by atoms with E-state index in [9.17, 15) is 4.79 Å². The molecule has 5 nitrogen and oxygen atoms in total. The van der Waals surface area contributed by atoms with Crippen molar-refractivity contribution in [2.24, 2.45) is 0 Å². The van der Waals surface area contributed by atoms with Gasteiger partial charge >= 0.3 is 0 Å².